The van der Waals surface area contributed by atoms with Crippen LogP contribution in [-0.2, 0) is 4.79 Å². The van der Waals surface area contributed by atoms with Gasteiger partial charge in [0, 0.05) is 42.3 Å². The molecular weight excluding hydrogens is 450 g/mol. The molecule has 0 radical (unpaired) electrons. The lowest BCUT2D eigenvalue weighted by Gasteiger charge is -2.45. The molecule has 0 spiro atoms. The molecule has 1 unspecified atom stereocenters. The van der Waals surface area contributed by atoms with Crippen molar-refractivity contribution in [1.29, 1.82) is 0 Å². The van der Waals surface area contributed by atoms with Crippen LogP contribution in [0.15, 0.2) is 53.5 Å². The van der Waals surface area contributed by atoms with Crippen LogP contribution in [0.4, 0.5) is 8.78 Å². The van der Waals surface area contributed by atoms with Crippen molar-refractivity contribution in [2.24, 2.45) is 17.3 Å². The third kappa shape index (κ3) is 5.10. The van der Waals surface area contributed by atoms with Crippen LogP contribution in [0.5, 0.6) is 5.75 Å². The van der Waals surface area contributed by atoms with Gasteiger partial charge in [-0.3, -0.25) is 18.6 Å². The Hall–Kier alpha value is -2.36. The zero-order chi connectivity index (χ0) is 24.0. The number of rotatable bonds is 7. The van der Waals surface area contributed by atoms with Crippen LogP contribution in [0.3, 0.4) is 0 Å². The van der Waals surface area contributed by atoms with E-state index in [1.54, 1.807) is 31.0 Å². The number of amides is 1. The monoisotopic (exact) mass is 480 g/mol. The largest absolute Gasteiger partial charge is 0.458 e. The first-order chi connectivity index (χ1) is 15.5. The number of hydrogen-bond donors (Lipinski definition) is 3. The Balaban J connectivity index is 1.71. The highest BCUT2D eigenvalue weighted by Crippen LogP contribution is 2.49. The van der Waals surface area contributed by atoms with E-state index in [1.165, 1.54) is 6.07 Å². The van der Waals surface area contributed by atoms with Gasteiger partial charge in [-0.1, -0.05) is 13.0 Å². The fourth-order valence-corrected chi connectivity index (χ4v) is 5.27. The highest BCUT2D eigenvalue weighted by Gasteiger charge is 2.46. The highest BCUT2D eigenvalue weighted by atomic mass is 32.3. The highest BCUT2D eigenvalue weighted by molar-refractivity contribution is 8.22. The minimum Gasteiger partial charge on any atom is -0.458 e. The SMILES string of the molecule is CCS(O)(O)NC1=CC=C(Oc2ccc(F)cc2F)[C@H](C2(C)C=C(C3CC3)C(=O)N(C)C2)C1. The van der Waals surface area contributed by atoms with Crippen molar-refractivity contribution in [2.75, 3.05) is 19.3 Å². The Kier molecular flexibility index (Phi) is 6.32. The first-order valence-electron chi connectivity index (χ1n) is 11.1. The van der Waals surface area contributed by atoms with Gasteiger partial charge in [-0.25, -0.2) is 8.78 Å². The van der Waals surface area contributed by atoms with Crippen LogP contribution < -0.4 is 9.46 Å². The molecule has 2 atom stereocenters. The Labute approximate surface area is 194 Å². The quantitative estimate of drug-likeness (QED) is 0.498. The molecule has 2 aliphatic carbocycles. The van der Waals surface area contributed by atoms with Gasteiger partial charge >= 0.3 is 0 Å². The van der Waals surface area contributed by atoms with E-state index in [-0.39, 0.29) is 29.2 Å². The van der Waals surface area contributed by atoms with E-state index in [0.29, 0.717) is 24.4 Å². The average molecular weight is 481 g/mol. The van der Waals surface area contributed by atoms with E-state index in [2.05, 4.69) is 4.72 Å². The molecule has 3 N–H and O–H groups in total. The van der Waals surface area contributed by atoms with Gasteiger partial charge in [0.15, 0.2) is 11.6 Å². The number of benzene rings is 1. The number of halogens is 2. The number of hydrogen-bond acceptors (Lipinski definition) is 5. The molecule has 1 heterocycles. The van der Waals surface area contributed by atoms with E-state index in [1.807, 2.05) is 13.0 Å². The fraction of sp³-hybridized carbons (Fsp3) is 0.458. The standard InChI is InChI=1S/C24H30F2N2O4S/c1-4-33(30,31)27-17-8-10-21(32-22-9-7-16(25)11-20(22)26)19(12-17)24(2)13-18(15-5-6-15)23(29)28(3)14-24/h7-11,13,15,19,27,30-31H,4-6,12,14H2,1-3H3/t19-,24?/m1/s1. The molecule has 1 aromatic rings. The Morgan fingerprint density at radius 2 is 2.00 bits per heavy atom. The Morgan fingerprint density at radius 1 is 1.27 bits per heavy atom. The van der Waals surface area contributed by atoms with E-state index in [4.69, 9.17) is 4.74 Å². The molecule has 1 aromatic carbocycles. The van der Waals surface area contributed by atoms with E-state index >= 15 is 0 Å². The molecule has 0 bridgehead atoms. The molecule has 6 nitrogen and oxygen atoms in total. The molecule has 0 saturated heterocycles. The molecule has 4 rings (SSSR count). The summed E-state index contributed by atoms with van der Waals surface area (Å²) in [7, 11) is -1.22. The first kappa shape index (κ1) is 23.8. The normalized spacial score (nSPS) is 26.4. The van der Waals surface area contributed by atoms with Gasteiger partial charge in [-0.15, -0.1) is 10.8 Å². The lowest BCUT2D eigenvalue weighted by Crippen LogP contribution is -2.47. The summed E-state index contributed by atoms with van der Waals surface area (Å²) in [5.74, 6) is -1.02. The zero-order valence-corrected chi connectivity index (χ0v) is 19.8. The fourth-order valence-electron chi connectivity index (χ4n) is 4.56. The maximum atomic E-state index is 14.4. The van der Waals surface area contributed by atoms with Crippen LogP contribution in [-0.4, -0.2) is 39.3 Å². The third-order valence-corrected chi connectivity index (χ3v) is 7.90. The summed E-state index contributed by atoms with van der Waals surface area (Å²) >= 11 is 0. The lowest BCUT2D eigenvalue weighted by atomic mass is 9.69. The van der Waals surface area contributed by atoms with Crippen LogP contribution in [0, 0.1) is 28.9 Å². The van der Waals surface area contributed by atoms with E-state index in [9.17, 15) is 22.7 Å². The second-order valence-corrected chi connectivity index (χ2v) is 11.4. The van der Waals surface area contributed by atoms with Gasteiger partial charge in [-0.2, -0.15) is 0 Å². The maximum absolute atomic E-state index is 14.4. The average Bonchev–Trinajstić information content (AvgIpc) is 3.59. The maximum Gasteiger partial charge on any atom is 0.249 e. The van der Waals surface area contributed by atoms with Crippen molar-refractivity contribution in [3.05, 3.63) is 65.1 Å². The van der Waals surface area contributed by atoms with Gasteiger partial charge in [0.2, 0.25) is 5.91 Å². The molecule has 33 heavy (non-hydrogen) atoms. The molecule has 1 saturated carbocycles. The van der Waals surface area contributed by atoms with E-state index < -0.39 is 27.8 Å². The topological polar surface area (TPSA) is 82.0 Å². The number of allylic oxidation sites excluding steroid dienone is 4. The van der Waals surface area contributed by atoms with Crippen molar-refractivity contribution in [1.82, 2.24) is 9.62 Å². The van der Waals surface area contributed by atoms with Gasteiger partial charge in [-0.05, 0) is 56.4 Å². The molecule has 3 aliphatic rings. The second kappa shape index (κ2) is 8.77. The molecule has 1 fully saturated rings. The van der Waals surface area contributed by atoms with Gasteiger partial charge in [0.05, 0.1) is 5.75 Å². The van der Waals surface area contributed by atoms with Crippen molar-refractivity contribution >= 4 is 16.7 Å². The van der Waals surface area contributed by atoms with Crippen LogP contribution in [0.1, 0.15) is 33.1 Å². The summed E-state index contributed by atoms with van der Waals surface area (Å²) in [4.78, 5) is 14.5. The van der Waals surface area contributed by atoms with Crippen LogP contribution >= 0.6 is 10.8 Å². The molecule has 0 aromatic heterocycles. The van der Waals surface area contributed by atoms with Gasteiger partial charge in [0.1, 0.15) is 11.6 Å². The van der Waals surface area contributed by atoms with E-state index in [0.717, 1.165) is 30.5 Å². The van der Waals surface area contributed by atoms with Crippen molar-refractivity contribution in [3.63, 3.8) is 0 Å². The van der Waals surface area contributed by atoms with Crippen LogP contribution in [0.2, 0.25) is 0 Å². The Bertz CT molecular complexity index is 1050. The van der Waals surface area contributed by atoms with Crippen molar-refractivity contribution in [3.8, 4) is 5.75 Å². The molecule has 1 aliphatic heterocycles. The first-order valence-corrected chi connectivity index (χ1v) is 12.8. The zero-order valence-electron chi connectivity index (χ0n) is 19.0. The predicted octanol–water partition coefficient (Wildman–Crippen LogP) is 5.22. The summed E-state index contributed by atoms with van der Waals surface area (Å²) < 4.78 is 56.9. The third-order valence-electron chi connectivity index (χ3n) is 6.51. The molecule has 9 heteroatoms. The summed E-state index contributed by atoms with van der Waals surface area (Å²) in [5.41, 5.74) is 0.871. The predicted molar refractivity (Wildman–Crippen MR) is 124 cm³/mol. The number of likely N-dealkylation sites (N-methyl/N-ethyl adjacent to an activating group) is 1. The molecule has 180 valence electrons. The number of nitrogens with one attached hydrogen (secondary N) is 1. The molecular formula is C24H30F2N2O4S. The Morgan fingerprint density at radius 3 is 2.64 bits per heavy atom. The summed E-state index contributed by atoms with van der Waals surface area (Å²) in [5, 5.41) is 0. The molecule has 1 amide bonds. The van der Waals surface area contributed by atoms with Crippen molar-refractivity contribution < 1.29 is 27.4 Å². The van der Waals surface area contributed by atoms with Gasteiger partial charge in [0.25, 0.3) is 0 Å². The summed E-state index contributed by atoms with van der Waals surface area (Å²) in [6.45, 7) is 4.14. The van der Waals surface area contributed by atoms with Gasteiger partial charge < -0.3 is 9.64 Å². The minimum atomic E-state index is -2.98. The number of carbonyl (C=O) groups excluding carboxylic acids is 1. The second-order valence-electron chi connectivity index (χ2n) is 9.29. The summed E-state index contributed by atoms with van der Waals surface area (Å²) in [6.07, 6.45) is 7.72. The minimum absolute atomic E-state index is 0.0239. The van der Waals surface area contributed by atoms with Crippen molar-refractivity contribution in [2.45, 2.75) is 33.1 Å². The number of carbonyl (C=O) groups is 1. The van der Waals surface area contributed by atoms with Crippen LogP contribution in [0.25, 0.3) is 0 Å². The summed E-state index contributed by atoms with van der Waals surface area (Å²) in [6, 6.07) is 3.15. The lowest BCUT2D eigenvalue weighted by molar-refractivity contribution is -0.128. The smallest absolute Gasteiger partial charge is 0.249 e. The number of ether oxygens (including phenoxy) is 1. The number of nitrogens with zero attached hydrogens (tertiary/aromatic N) is 1.